The highest BCUT2D eigenvalue weighted by Crippen LogP contribution is 2.27. The molecule has 1 heterocycles. The van der Waals surface area contributed by atoms with E-state index in [0.717, 1.165) is 15.0 Å². The Kier molecular flexibility index (Phi) is 4.08. The van der Waals surface area contributed by atoms with Crippen LogP contribution in [0.1, 0.15) is 4.88 Å². The van der Waals surface area contributed by atoms with Gasteiger partial charge in [0, 0.05) is 15.5 Å². The van der Waals surface area contributed by atoms with E-state index in [1.54, 1.807) is 6.20 Å². The van der Waals surface area contributed by atoms with E-state index in [1.807, 2.05) is 18.2 Å². The topological polar surface area (TPSA) is 24.9 Å². The van der Waals surface area contributed by atoms with E-state index in [-0.39, 0.29) is 0 Å². The number of hydrogen-bond donors (Lipinski definition) is 1. The van der Waals surface area contributed by atoms with Crippen LogP contribution >= 0.6 is 50.5 Å². The number of nitrogens with one attached hydrogen (secondary N) is 1. The van der Waals surface area contributed by atoms with Crippen molar-refractivity contribution in [2.45, 2.75) is 6.54 Å². The molecule has 16 heavy (non-hydrogen) atoms. The first-order valence-electron chi connectivity index (χ1n) is 4.44. The first-order chi connectivity index (χ1) is 7.65. The average molecular weight is 338 g/mol. The molecule has 0 aliphatic heterocycles. The fraction of sp³-hybridized carbons (Fsp3) is 0.100. The van der Waals surface area contributed by atoms with Gasteiger partial charge in [0.05, 0.1) is 17.3 Å². The van der Waals surface area contributed by atoms with Gasteiger partial charge < -0.3 is 5.32 Å². The molecule has 2 aromatic rings. The molecule has 0 unspecified atom stereocenters. The molecule has 1 N–H and O–H groups in total. The summed E-state index contributed by atoms with van der Waals surface area (Å²) in [7, 11) is 0. The molecule has 84 valence electrons. The third-order valence-corrected chi connectivity index (χ3v) is 3.84. The molecule has 0 fully saturated rings. The molecule has 1 aromatic heterocycles. The minimum absolute atomic E-state index is 0.553. The quantitative estimate of drug-likeness (QED) is 0.868. The molecule has 0 atom stereocenters. The van der Waals surface area contributed by atoms with Gasteiger partial charge in [-0.1, -0.05) is 39.1 Å². The van der Waals surface area contributed by atoms with Crippen LogP contribution in [0, 0.1) is 0 Å². The fourth-order valence-electron chi connectivity index (χ4n) is 1.18. The Hall–Kier alpha value is -0.290. The van der Waals surface area contributed by atoms with Crippen molar-refractivity contribution in [1.29, 1.82) is 0 Å². The molecule has 0 radical (unpaired) electrons. The lowest BCUT2D eigenvalue weighted by atomic mass is 10.3. The summed E-state index contributed by atoms with van der Waals surface area (Å²) in [6.45, 7) is 0.667. The van der Waals surface area contributed by atoms with Crippen molar-refractivity contribution >= 4 is 56.2 Å². The van der Waals surface area contributed by atoms with Gasteiger partial charge in [-0.25, -0.2) is 4.98 Å². The minimum atomic E-state index is 0.553. The third kappa shape index (κ3) is 3.10. The number of aromatic nitrogens is 1. The number of nitrogens with zero attached hydrogens (tertiary/aromatic N) is 1. The van der Waals surface area contributed by atoms with Crippen LogP contribution in [0.3, 0.4) is 0 Å². The van der Waals surface area contributed by atoms with Crippen molar-refractivity contribution in [2.24, 2.45) is 0 Å². The monoisotopic (exact) mass is 336 g/mol. The van der Waals surface area contributed by atoms with Crippen LogP contribution in [0.4, 0.5) is 5.69 Å². The Morgan fingerprint density at radius 2 is 2.19 bits per heavy atom. The lowest BCUT2D eigenvalue weighted by Crippen LogP contribution is -1.97. The summed E-state index contributed by atoms with van der Waals surface area (Å²) in [5, 5.41) is 3.93. The Morgan fingerprint density at radius 1 is 1.38 bits per heavy atom. The SMILES string of the molecule is Clc1ncc(CNc2cc(Br)ccc2Cl)s1. The number of thiazole rings is 1. The van der Waals surface area contributed by atoms with E-state index in [0.29, 0.717) is 16.0 Å². The van der Waals surface area contributed by atoms with Crippen molar-refractivity contribution in [2.75, 3.05) is 5.32 Å². The Balaban J connectivity index is 2.07. The van der Waals surface area contributed by atoms with E-state index < -0.39 is 0 Å². The Morgan fingerprint density at radius 3 is 2.88 bits per heavy atom. The molecular formula is C10H7BrCl2N2S. The predicted molar refractivity (Wildman–Crippen MR) is 73.6 cm³/mol. The van der Waals surface area contributed by atoms with Gasteiger partial charge >= 0.3 is 0 Å². The molecule has 0 amide bonds. The van der Waals surface area contributed by atoms with Crippen molar-refractivity contribution in [3.8, 4) is 0 Å². The number of anilines is 1. The van der Waals surface area contributed by atoms with E-state index in [9.17, 15) is 0 Å². The standard InChI is InChI=1S/C10H7BrCl2N2S/c11-6-1-2-8(12)9(3-6)14-4-7-5-15-10(13)16-7/h1-3,5,14H,4H2. The summed E-state index contributed by atoms with van der Waals surface area (Å²) >= 11 is 16.6. The lowest BCUT2D eigenvalue weighted by Gasteiger charge is -2.07. The summed E-state index contributed by atoms with van der Waals surface area (Å²) < 4.78 is 1.54. The Labute approximate surface area is 116 Å². The smallest absolute Gasteiger partial charge is 0.183 e. The van der Waals surface area contributed by atoms with E-state index in [4.69, 9.17) is 23.2 Å². The molecule has 2 nitrogen and oxygen atoms in total. The molecule has 0 aliphatic carbocycles. The van der Waals surface area contributed by atoms with Gasteiger partial charge in [0.1, 0.15) is 0 Å². The van der Waals surface area contributed by atoms with Crippen LogP contribution in [0.2, 0.25) is 9.49 Å². The van der Waals surface area contributed by atoms with Gasteiger partial charge in [0.25, 0.3) is 0 Å². The summed E-state index contributed by atoms with van der Waals surface area (Å²) in [5.41, 5.74) is 0.889. The highest BCUT2D eigenvalue weighted by Gasteiger charge is 2.03. The Bertz CT molecular complexity index is 501. The molecule has 0 aliphatic rings. The van der Waals surface area contributed by atoms with Gasteiger partial charge in [-0.3, -0.25) is 0 Å². The van der Waals surface area contributed by atoms with E-state index >= 15 is 0 Å². The molecule has 0 spiro atoms. The maximum atomic E-state index is 6.05. The van der Waals surface area contributed by atoms with Crippen molar-refractivity contribution < 1.29 is 0 Å². The lowest BCUT2D eigenvalue weighted by molar-refractivity contribution is 1.17. The van der Waals surface area contributed by atoms with Gasteiger partial charge in [0.15, 0.2) is 4.47 Å². The molecular weight excluding hydrogens is 331 g/mol. The highest BCUT2D eigenvalue weighted by molar-refractivity contribution is 9.10. The van der Waals surface area contributed by atoms with Crippen LogP contribution in [0.25, 0.3) is 0 Å². The second kappa shape index (κ2) is 5.36. The molecule has 0 saturated carbocycles. The summed E-state index contributed by atoms with van der Waals surface area (Å²) in [6.07, 6.45) is 1.76. The molecule has 1 aromatic carbocycles. The zero-order chi connectivity index (χ0) is 11.5. The van der Waals surface area contributed by atoms with Crippen molar-refractivity contribution in [3.63, 3.8) is 0 Å². The average Bonchev–Trinajstić information content (AvgIpc) is 2.66. The first-order valence-corrected chi connectivity index (χ1v) is 6.81. The van der Waals surface area contributed by atoms with Crippen LogP contribution in [0.15, 0.2) is 28.9 Å². The highest BCUT2D eigenvalue weighted by atomic mass is 79.9. The number of hydrogen-bond acceptors (Lipinski definition) is 3. The largest absolute Gasteiger partial charge is 0.379 e. The number of benzene rings is 1. The number of rotatable bonds is 3. The molecule has 0 saturated heterocycles. The molecule has 0 bridgehead atoms. The zero-order valence-electron chi connectivity index (χ0n) is 8.01. The molecule has 2 rings (SSSR count). The molecule has 6 heteroatoms. The summed E-state index contributed by atoms with van der Waals surface area (Å²) in [4.78, 5) is 5.04. The minimum Gasteiger partial charge on any atom is -0.379 e. The van der Waals surface area contributed by atoms with Gasteiger partial charge in [-0.2, -0.15) is 0 Å². The summed E-state index contributed by atoms with van der Waals surface area (Å²) in [6, 6.07) is 5.68. The van der Waals surface area contributed by atoms with E-state index in [1.165, 1.54) is 11.3 Å². The number of halogens is 3. The second-order valence-corrected chi connectivity index (χ2v) is 6.08. The predicted octanol–water partition coefficient (Wildman–Crippen LogP) is 4.82. The van der Waals surface area contributed by atoms with Gasteiger partial charge in [-0.05, 0) is 18.2 Å². The van der Waals surface area contributed by atoms with Crippen LogP contribution < -0.4 is 5.32 Å². The zero-order valence-corrected chi connectivity index (χ0v) is 11.9. The van der Waals surface area contributed by atoms with Crippen LogP contribution in [-0.4, -0.2) is 4.98 Å². The first kappa shape index (κ1) is 12.2. The maximum absolute atomic E-state index is 6.05. The maximum Gasteiger partial charge on any atom is 0.183 e. The fourth-order valence-corrected chi connectivity index (χ4v) is 2.64. The van der Waals surface area contributed by atoms with Gasteiger partial charge in [0.2, 0.25) is 0 Å². The normalized spacial score (nSPS) is 10.4. The van der Waals surface area contributed by atoms with Crippen molar-refractivity contribution in [3.05, 3.63) is 43.2 Å². The van der Waals surface area contributed by atoms with Crippen LogP contribution in [0.5, 0.6) is 0 Å². The van der Waals surface area contributed by atoms with Gasteiger partial charge in [-0.15, -0.1) is 11.3 Å². The van der Waals surface area contributed by atoms with E-state index in [2.05, 4.69) is 26.2 Å². The van der Waals surface area contributed by atoms with Crippen molar-refractivity contribution in [1.82, 2.24) is 4.98 Å². The third-order valence-electron chi connectivity index (χ3n) is 1.91. The summed E-state index contributed by atoms with van der Waals surface area (Å²) in [5.74, 6) is 0. The van der Waals surface area contributed by atoms with Crippen LogP contribution in [-0.2, 0) is 6.54 Å². The second-order valence-electron chi connectivity index (χ2n) is 3.06.